The summed E-state index contributed by atoms with van der Waals surface area (Å²) in [4.78, 5) is 30.7. The van der Waals surface area contributed by atoms with Crippen molar-refractivity contribution in [1.82, 2.24) is 19.8 Å². The van der Waals surface area contributed by atoms with Crippen molar-refractivity contribution in [2.24, 2.45) is 13.0 Å². The number of aromatic nitrogens is 2. The van der Waals surface area contributed by atoms with E-state index in [0.29, 0.717) is 24.3 Å². The van der Waals surface area contributed by atoms with Crippen molar-refractivity contribution in [2.75, 3.05) is 6.54 Å². The van der Waals surface area contributed by atoms with Crippen molar-refractivity contribution < 1.29 is 14.0 Å². The van der Waals surface area contributed by atoms with Gasteiger partial charge in [-0.3, -0.25) is 9.59 Å². The predicted molar refractivity (Wildman–Crippen MR) is 92.1 cm³/mol. The highest BCUT2D eigenvalue weighted by molar-refractivity contribution is 5.88. The summed E-state index contributed by atoms with van der Waals surface area (Å²) in [5.74, 6) is 0.185. The van der Waals surface area contributed by atoms with Crippen LogP contribution in [0.15, 0.2) is 18.2 Å². The number of carbonyl (C=O) groups is 2. The summed E-state index contributed by atoms with van der Waals surface area (Å²) < 4.78 is 15.2. The zero-order chi connectivity index (χ0) is 18.1. The van der Waals surface area contributed by atoms with Gasteiger partial charge in [-0.25, -0.2) is 9.37 Å². The van der Waals surface area contributed by atoms with Crippen LogP contribution in [0.3, 0.4) is 0 Å². The highest BCUT2D eigenvalue weighted by Gasteiger charge is 2.34. The van der Waals surface area contributed by atoms with Crippen molar-refractivity contribution in [3.63, 3.8) is 0 Å². The molecule has 1 aromatic heterocycles. The number of nitrogens with zero attached hydrogens (tertiary/aromatic N) is 3. The summed E-state index contributed by atoms with van der Waals surface area (Å²) in [6.45, 7) is 4.74. The number of amides is 2. The second-order valence-corrected chi connectivity index (χ2v) is 6.82. The lowest BCUT2D eigenvalue weighted by Gasteiger charge is -2.29. The highest BCUT2D eigenvalue weighted by Crippen LogP contribution is 2.20. The van der Waals surface area contributed by atoms with Crippen molar-refractivity contribution in [1.29, 1.82) is 0 Å². The number of halogens is 1. The zero-order valence-electron chi connectivity index (χ0n) is 14.8. The SMILES string of the molecule is CC(C)[C@H](C(=O)NCc1nc2cc(F)ccc2n1C)N1CCCC1=O. The van der Waals surface area contributed by atoms with Crippen LogP contribution in [0.5, 0.6) is 0 Å². The fourth-order valence-corrected chi connectivity index (χ4v) is 3.42. The average molecular weight is 346 g/mol. The number of hydrogen-bond acceptors (Lipinski definition) is 3. The van der Waals surface area contributed by atoms with E-state index in [4.69, 9.17) is 0 Å². The van der Waals surface area contributed by atoms with E-state index < -0.39 is 6.04 Å². The summed E-state index contributed by atoms with van der Waals surface area (Å²) in [5, 5.41) is 2.88. The lowest BCUT2D eigenvalue weighted by molar-refractivity contribution is -0.139. The van der Waals surface area contributed by atoms with Crippen LogP contribution in [-0.4, -0.2) is 38.9 Å². The first kappa shape index (κ1) is 17.4. The maximum absolute atomic E-state index is 13.3. The Kier molecular flexibility index (Phi) is 4.74. The van der Waals surface area contributed by atoms with E-state index >= 15 is 0 Å². The molecule has 1 fully saturated rings. The maximum atomic E-state index is 13.3. The fourth-order valence-electron chi connectivity index (χ4n) is 3.42. The molecular weight excluding hydrogens is 323 g/mol. The molecule has 0 unspecified atom stereocenters. The molecule has 134 valence electrons. The average Bonchev–Trinajstić information content (AvgIpc) is 3.09. The van der Waals surface area contributed by atoms with E-state index in [9.17, 15) is 14.0 Å². The quantitative estimate of drug-likeness (QED) is 0.900. The number of nitrogens with one attached hydrogen (secondary N) is 1. The third-order valence-electron chi connectivity index (χ3n) is 4.70. The number of fused-ring (bicyclic) bond motifs is 1. The van der Waals surface area contributed by atoms with Gasteiger partial charge in [0.1, 0.15) is 17.7 Å². The number of imidazole rings is 1. The van der Waals surface area contributed by atoms with Crippen molar-refractivity contribution >= 4 is 22.8 Å². The Hall–Kier alpha value is -2.44. The monoisotopic (exact) mass is 346 g/mol. The maximum Gasteiger partial charge on any atom is 0.243 e. The molecule has 3 rings (SSSR count). The Morgan fingerprint density at radius 2 is 2.16 bits per heavy atom. The van der Waals surface area contributed by atoms with Crippen molar-refractivity contribution in [3.8, 4) is 0 Å². The molecule has 0 bridgehead atoms. The van der Waals surface area contributed by atoms with Gasteiger partial charge in [-0.15, -0.1) is 0 Å². The minimum Gasteiger partial charge on any atom is -0.347 e. The zero-order valence-corrected chi connectivity index (χ0v) is 14.8. The summed E-state index contributed by atoms with van der Waals surface area (Å²) in [6, 6.07) is 3.96. The van der Waals surface area contributed by atoms with Gasteiger partial charge in [-0.05, 0) is 24.5 Å². The summed E-state index contributed by atoms with van der Waals surface area (Å²) >= 11 is 0. The molecule has 0 radical (unpaired) electrons. The van der Waals surface area contributed by atoms with Gasteiger partial charge in [-0.1, -0.05) is 13.8 Å². The smallest absolute Gasteiger partial charge is 0.243 e. The molecule has 6 nitrogen and oxygen atoms in total. The normalized spacial score (nSPS) is 16.0. The molecule has 25 heavy (non-hydrogen) atoms. The molecule has 0 spiro atoms. The van der Waals surface area contributed by atoms with Crippen LogP contribution in [0.1, 0.15) is 32.5 Å². The van der Waals surface area contributed by atoms with E-state index in [0.717, 1.165) is 11.9 Å². The van der Waals surface area contributed by atoms with Gasteiger partial charge in [0, 0.05) is 26.1 Å². The number of hydrogen-bond donors (Lipinski definition) is 1. The number of benzene rings is 1. The molecule has 0 saturated carbocycles. The molecule has 0 aliphatic carbocycles. The minimum absolute atomic E-state index is 0.0246. The number of rotatable bonds is 5. The van der Waals surface area contributed by atoms with Gasteiger partial charge < -0.3 is 14.8 Å². The lowest BCUT2D eigenvalue weighted by atomic mass is 10.0. The molecular formula is C18H23FN4O2. The van der Waals surface area contributed by atoms with E-state index in [-0.39, 0.29) is 30.1 Å². The predicted octanol–water partition coefficient (Wildman–Crippen LogP) is 1.98. The molecule has 1 atom stereocenters. The lowest BCUT2D eigenvalue weighted by Crippen LogP contribution is -2.50. The topological polar surface area (TPSA) is 67.2 Å². The first-order valence-corrected chi connectivity index (χ1v) is 8.56. The van der Waals surface area contributed by atoms with E-state index in [1.165, 1.54) is 12.1 Å². The third kappa shape index (κ3) is 3.36. The van der Waals surface area contributed by atoms with E-state index in [1.807, 2.05) is 25.5 Å². The van der Waals surface area contributed by atoms with Gasteiger partial charge in [0.25, 0.3) is 0 Å². The van der Waals surface area contributed by atoms with E-state index in [2.05, 4.69) is 10.3 Å². The molecule has 1 aromatic carbocycles. The van der Waals surface area contributed by atoms with Gasteiger partial charge in [0.2, 0.25) is 11.8 Å². The van der Waals surface area contributed by atoms with Crippen LogP contribution in [0.4, 0.5) is 4.39 Å². The summed E-state index contributed by atoms with van der Waals surface area (Å²) in [6.07, 6.45) is 1.30. The van der Waals surface area contributed by atoms with Gasteiger partial charge in [0.15, 0.2) is 0 Å². The Labute approximate surface area is 146 Å². The van der Waals surface area contributed by atoms with Crippen molar-refractivity contribution in [3.05, 3.63) is 29.8 Å². The molecule has 1 aliphatic heterocycles. The van der Waals surface area contributed by atoms with Crippen LogP contribution < -0.4 is 5.32 Å². The molecule has 1 N–H and O–H groups in total. The Balaban J connectivity index is 1.74. The van der Waals surface area contributed by atoms with Gasteiger partial charge in [0.05, 0.1) is 17.6 Å². The Bertz CT molecular complexity index is 815. The fraction of sp³-hybridized carbons (Fsp3) is 0.500. The number of likely N-dealkylation sites (tertiary alicyclic amines) is 1. The highest BCUT2D eigenvalue weighted by atomic mass is 19.1. The van der Waals surface area contributed by atoms with Crippen LogP contribution in [0.2, 0.25) is 0 Å². The largest absolute Gasteiger partial charge is 0.347 e. The Morgan fingerprint density at radius 3 is 2.80 bits per heavy atom. The Morgan fingerprint density at radius 1 is 1.40 bits per heavy atom. The first-order valence-electron chi connectivity index (χ1n) is 8.56. The third-order valence-corrected chi connectivity index (χ3v) is 4.70. The van der Waals surface area contributed by atoms with Crippen LogP contribution in [0.25, 0.3) is 11.0 Å². The first-order chi connectivity index (χ1) is 11.9. The van der Waals surface area contributed by atoms with E-state index in [1.54, 1.807) is 11.0 Å². The molecule has 2 heterocycles. The minimum atomic E-state index is -0.470. The number of aryl methyl sites for hydroxylation is 1. The molecule has 2 aromatic rings. The second-order valence-electron chi connectivity index (χ2n) is 6.82. The summed E-state index contributed by atoms with van der Waals surface area (Å²) in [7, 11) is 1.83. The van der Waals surface area contributed by atoms with Gasteiger partial charge >= 0.3 is 0 Å². The molecule has 1 aliphatic rings. The molecule has 1 saturated heterocycles. The van der Waals surface area contributed by atoms with Crippen molar-refractivity contribution in [2.45, 2.75) is 39.3 Å². The standard InChI is InChI=1S/C18H23FN4O2/c1-11(2)17(23-8-4-5-16(23)24)18(25)20-10-15-21-13-9-12(19)6-7-14(13)22(15)3/h6-7,9,11,17H,4-5,8,10H2,1-3H3,(H,20,25)/t17-/m1/s1. The van der Waals surface area contributed by atoms with Crippen LogP contribution >= 0.6 is 0 Å². The second kappa shape index (κ2) is 6.82. The number of carbonyl (C=O) groups excluding carboxylic acids is 2. The van der Waals surface area contributed by atoms with Gasteiger partial charge in [-0.2, -0.15) is 0 Å². The molecule has 2 amide bonds. The van der Waals surface area contributed by atoms with Crippen LogP contribution in [-0.2, 0) is 23.2 Å². The molecule has 7 heteroatoms. The summed E-state index contributed by atoms with van der Waals surface area (Å²) in [5.41, 5.74) is 1.36. The van der Waals surface area contributed by atoms with Crippen LogP contribution in [0, 0.1) is 11.7 Å².